The maximum atomic E-state index is 13.8. The van der Waals surface area contributed by atoms with Gasteiger partial charge in [0.1, 0.15) is 12.4 Å². The number of hydrogen-bond acceptors (Lipinski definition) is 6. The molecule has 0 saturated heterocycles. The van der Waals surface area contributed by atoms with E-state index in [1.54, 1.807) is 38.8 Å². The lowest BCUT2D eigenvalue weighted by Gasteiger charge is -2.11. The van der Waals surface area contributed by atoms with Crippen LogP contribution in [0, 0.1) is 37.1 Å². The number of carbonyl (C=O) groups excluding carboxylic acids is 1. The van der Waals surface area contributed by atoms with Crippen molar-refractivity contribution in [3.05, 3.63) is 88.1 Å². The molecule has 4 rings (SSSR count). The Morgan fingerprint density at radius 1 is 0.974 bits per heavy atom. The van der Waals surface area contributed by atoms with Crippen LogP contribution < -0.4 is 19.5 Å². The van der Waals surface area contributed by atoms with Gasteiger partial charge >= 0.3 is 0 Å². The number of carbonyl (C=O) groups is 1. The summed E-state index contributed by atoms with van der Waals surface area (Å²) in [5.41, 5.74) is 2.61. The van der Waals surface area contributed by atoms with Crippen molar-refractivity contribution in [1.82, 2.24) is 9.78 Å². The van der Waals surface area contributed by atoms with Gasteiger partial charge in [0.15, 0.2) is 34.6 Å². The molecule has 200 valence electrons. The predicted octanol–water partition coefficient (Wildman–Crippen LogP) is 5.55. The molecule has 0 atom stereocenters. The van der Waals surface area contributed by atoms with Crippen molar-refractivity contribution in [1.29, 1.82) is 0 Å². The topological polar surface area (TPSA) is 87.8 Å². The third-order valence-corrected chi connectivity index (χ3v) is 5.72. The monoisotopic (exact) mass is 533 g/mol. The first-order chi connectivity index (χ1) is 18.1. The molecule has 2 aromatic heterocycles. The molecule has 1 N–H and O–H groups in total. The Morgan fingerprint density at radius 2 is 1.66 bits per heavy atom. The van der Waals surface area contributed by atoms with E-state index in [-0.39, 0.29) is 17.6 Å². The van der Waals surface area contributed by atoms with Crippen LogP contribution in [-0.2, 0) is 13.2 Å². The standard InChI is InChI=1S/C26H23F4N3O5/c1-13-24(14(2)33(32-13)11-15-5-7-19(35-3)21(9-15)36-4)31-26(34)20-8-6-16(38-20)12-37-25-22(29)17(27)10-18(28)23(25)30/h5-10H,11-12H2,1-4H3,(H,31,34). The number of ether oxygens (including phenoxy) is 3. The van der Waals surface area contributed by atoms with Crippen LogP contribution in [0.1, 0.15) is 33.3 Å². The summed E-state index contributed by atoms with van der Waals surface area (Å²) < 4.78 is 76.9. The molecule has 2 heterocycles. The molecule has 0 bridgehead atoms. The zero-order valence-electron chi connectivity index (χ0n) is 20.8. The van der Waals surface area contributed by atoms with Crippen LogP contribution >= 0.6 is 0 Å². The number of hydrogen-bond donors (Lipinski definition) is 1. The number of furan rings is 1. The minimum Gasteiger partial charge on any atom is -0.493 e. The highest BCUT2D eigenvalue weighted by atomic mass is 19.2. The van der Waals surface area contributed by atoms with Gasteiger partial charge in [-0.25, -0.2) is 8.78 Å². The predicted molar refractivity (Wildman–Crippen MR) is 128 cm³/mol. The molecule has 12 heteroatoms. The number of nitrogens with one attached hydrogen (secondary N) is 1. The number of nitrogens with zero attached hydrogens (tertiary/aromatic N) is 2. The largest absolute Gasteiger partial charge is 0.493 e. The molecule has 0 radical (unpaired) electrons. The number of amides is 1. The summed E-state index contributed by atoms with van der Waals surface area (Å²) in [4.78, 5) is 12.8. The first kappa shape index (κ1) is 26.6. The third kappa shape index (κ3) is 5.29. The summed E-state index contributed by atoms with van der Waals surface area (Å²) in [6.45, 7) is 3.35. The minimum absolute atomic E-state index is 0.00351. The van der Waals surface area contributed by atoms with E-state index in [1.165, 1.54) is 12.1 Å². The van der Waals surface area contributed by atoms with Crippen molar-refractivity contribution >= 4 is 11.6 Å². The maximum absolute atomic E-state index is 13.8. The van der Waals surface area contributed by atoms with Crippen molar-refractivity contribution in [2.75, 3.05) is 19.5 Å². The molecule has 8 nitrogen and oxygen atoms in total. The van der Waals surface area contributed by atoms with E-state index < -0.39 is 41.5 Å². The van der Waals surface area contributed by atoms with Gasteiger partial charge in [-0.15, -0.1) is 0 Å². The average molecular weight is 533 g/mol. The number of rotatable bonds is 9. The molecule has 4 aromatic rings. The van der Waals surface area contributed by atoms with E-state index >= 15 is 0 Å². The summed E-state index contributed by atoms with van der Waals surface area (Å²) in [7, 11) is 3.09. The van der Waals surface area contributed by atoms with Gasteiger partial charge in [0.2, 0.25) is 11.6 Å². The number of benzene rings is 2. The van der Waals surface area contributed by atoms with E-state index in [1.807, 2.05) is 12.1 Å². The summed E-state index contributed by atoms with van der Waals surface area (Å²) in [6.07, 6.45) is 0. The lowest BCUT2D eigenvalue weighted by Crippen LogP contribution is -2.12. The van der Waals surface area contributed by atoms with E-state index in [0.717, 1.165) is 5.56 Å². The number of methoxy groups -OCH3 is 2. The molecule has 0 aliphatic heterocycles. The van der Waals surface area contributed by atoms with Crippen molar-refractivity contribution in [3.8, 4) is 17.2 Å². The molecule has 0 aliphatic carbocycles. The molecule has 38 heavy (non-hydrogen) atoms. The van der Waals surface area contributed by atoms with Gasteiger partial charge in [-0.05, 0) is 43.7 Å². The first-order valence-electron chi connectivity index (χ1n) is 11.2. The smallest absolute Gasteiger partial charge is 0.291 e. The Balaban J connectivity index is 1.45. The van der Waals surface area contributed by atoms with Crippen LogP contribution in [0.2, 0.25) is 0 Å². The number of aryl methyl sites for hydroxylation is 1. The summed E-state index contributed by atoms with van der Waals surface area (Å²) in [5.74, 6) is -7.34. The second-order valence-electron chi connectivity index (χ2n) is 8.20. The fourth-order valence-corrected chi connectivity index (χ4v) is 3.76. The first-order valence-corrected chi connectivity index (χ1v) is 11.2. The van der Waals surface area contributed by atoms with Crippen molar-refractivity contribution < 1.29 is 41.0 Å². The van der Waals surface area contributed by atoms with E-state index in [4.69, 9.17) is 18.6 Å². The maximum Gasteiger partial charge on any atom is 0.291 e. The Labute approximate surface area is 214 Å². The van der Waals surface area contributed by atoms with Gasteiger partial charge in [-0.2, -0.15) is 13.9 Å². The number of aromatic nitrogens is 2. The van der Waals surface area contributed by atoms with Gasteiger partial charge in [-0.1, -0.05) is 6.07 Å². The van der Waals surface area contributed by atoms with Crippen molar-refractivity contribution in [2.24, 2.45) is 0 Å². The van der Waals surface area contributed by atoms with E-state index in [2.05, 4.69) is 10.4 Å². The van der Waals surface area contributed by atoms with Gasteiger partial charge < -0.3 is 23.9 Å². The molecular weight excluding hydrogens is 510 g/mol. The highest BCUT2D eigenvalue weighted by Crippen LogP contribution is 2.30. The number of halogens is 4. The second-order valence-corrected chi connectivity index (χ2v) is 8.20. The van der Waals surface area contributed by atoms with E-state index in [0.29, 0.717) is 35.1 Å². The molecule has 0 saturated carbocycles. The molecule has 2 aromatic carbocycles. The summed E-state index contributed by atoms with van der Waals surface area (Å²) >= 11 is 0. The van der Waals surface area contributed by atoms with Crippen LogP contribution in [0.3, 0.4) is 0 Å². The minimum atomic E-state index is -1.68. The molecule has 0 aliphatic rings. The fraction of sp³-hybridized carbons (Fsp3) is 0.231. The van der Waals surface area contributed by atoms with Crippen LogP contribution in [0.4, 0.5) is 23.2 Å². The van der Waals surface area contributed by atoms with Gasteiger partial charge in [0, 0.05) is 6.07 Å². The Morgan fingerprint density at radius 3 is 2.32 bits per heavy atom. The molecule has 0 unspecified atom stereocenters. The van der Waals surface area contributed by atoms with E-state index in [9.17, 15) is 22.4 Å². The Bertz CT molecular complexity index is 1470. The molecule has 1 amide bonds. The quantitative estimate of drug-likeness (QED) is 0.224. The van der Waals surface area contributed by atoms with Crippen LogP contribution in [-0.4, -0.2) is 29.9 Å². The average Bonchev–Trinajstić information content (AvgIpc) is 3.48. The summed E-state index contributed by atoms with van der Waals surface area (Å²) in [5, 5.41) is 7.24. The fourth-order valence-electron chi connectivity index (χ4n) is 3.76. The van der Waals surface area contributed by atoms with Crippen LogP contribution in [0.15, 0.2) is 40.8 Å². The van der Waals surface area contributed by atoms with Gasteiger partial charge in [-0.3, -0.25) is 9.48 Å². The Kier molecular flexibility index (Phi) is 7.60. The van der Waals surface area contributed by atoms with Crippen LogP contribution in [0.5, 0.6) is 17.2 Å². The molecule has 0 fully saturated rings. The SMILES string of the molecule is COc1ccc(Cn2nc(C)c(NC(=O)c3ccc(COc4c(F)c(F)cc(F)c4F)o3)c2C)cc1OC. The highest BCUT2D eigenvalue weighted by molar-refractivity contribution is 6.02. The van der Waals surface area contributed by atoms with Crippen molar-refractivity contribution in [3.63, 3.8) is 0 Å². The summed E-state index contributed by atoms with van der Waals surface area (Å²) in [6, 6.07) is 8.22. The second kappa shape index (κ2) is 10.9. The zero-order valence-corrected chi connectivity index (χ0v) is 20.8. The van der Waals surface area contributed by atoms with Gasteiger partial charge in [0.25, 0.3) is 5.91 Å². The van der Waals surface area contributed by atoms with Gasteiger partial charge in [0.05, 0.1) is 37.8 Å². The van der Waals surface area contributed by atoms with Crippen molar-refractivity contribution in [2.45, 2.75) is 27.0 Å². The lowest BCUT2D eigenvalue weighted by atomic mass is 10.2. The molecular formula is C26H23F4N3O5. The lowest BCUT2D eigenvalue weighted by molar-refractivity contribution is 0.0992. The zero-order chi connectivity index (χ0) is 27.6. The highest BCUT2D eigenvalue weighted by Gasteiger charge is 2.22. The normalized spacial score (nSPS) is 10.9. The third-order valence-electron chi connectivity index (χ3n) is 5.72. The van der Waals surface area contributed by atoms with Crippen LogP contribution in [0.25, 0.3) is 0 Å². The Hall–Kier alpha value is -4.48. The number of anilines is 1. The molecule has 0 spiro atoms.